The molecule has 3 aromatic heterocycles. The number of pyridine rings is 1. The summed E-state index contributed by atoms with van der Waals surface area (Å²) in [6.07, 6.45) is 2.65. The number of carbonyl (C=O) groups is 4. The first-order valence-electron chi connectivity index (χ1n) is 22.2. The normalized spacial score (nSPS) is 15.8. The molecule has 2 aliphatic rings. The highest BCUT2D eigenvalue weighted by Gasteiger charge is 2.54. The second-order valence-corrected chi connectivity index (χ2v) is 20.4. The van der Waals surface area contributed by atoms with Crippen LogP contribution in [0.4, 0.5) is 5.13 Å². The van der Waals surface area contributed by atoms with Gasteiger partial charge in [-0.1, -0.05) is 169 Å². The Balaban J connectivity index is 0.931. The van der Waals surface area contributed by atoms with E-state index in [-0.39, 0.29) is 17.1 Å². The lowest BCUT2D eigenvalue weighted by Gasteiger charge is -2.49. The summed E-state index contributed by atoms with van der Waals surface area (Å²) in [4.78, 5) is 75.3. The first kappa shape index (κ1) is 47.1. The largest absolute Gasteiger partial charge is 0.477 e. The molecule has 71 heavy (non-hydrogen) atoms. The van der Waals surface area contributed by atoms with Crippen molar-refractivity contribution < 1.29 is 33.9 Å². The van der Waals surface area contributed by atoms with E-state index in [9.17, 15) is 24.3 Å². The minimum Gasteiger partial charge on any atom is -0.477 e. The summed E-state index contributed by atoms with van der Waals surface area (Å²) in [6.45, 7) is -0.669. The zero-order valence-electron chi connectivity index (χ0n) is 37.4. The third kappa shape index (κ3) is 9.92. The van der Waals surface area contributed by atoms with Crippen LogP contribution >= 0.6 is 46.2 Å². The molecule has 8 aromatic rings. The van der Waals surface area contributed by atoms with Crippen LogP contribution in [0.1, 0.15) is 39.6 Å². The summed E-state index contributed by atoms with van der Waals surface area (Å²) in [5.74, 6) is -2.83. The van der Waals surface area contributed by atoms with E-state index >= 15 is 0 Å². The van der Waals surface area contributed by atoms with Gasteiger partial charge in [0.1, 0.15) is 28.3 Å². The van der Waals surface area contributed by atoms with Crippen LogP contribution in [-0.4, -0.2) is 84.0 Å². The maximum absolute atomic E-state index is 14.5. The molecule has 10 rings (SSSR count). The molecule has 1 saturated heterocycles. The zero-order valence-corrected chi connectivity index (χ0v) is 40.6. The molecule has 5 aromatic carbocycles. The van der Waals surface area contributed by atoms with Crippen LogP contribution in [0.25, 0.3) is 10.2 Å². The van der Waals surface area contributed by atoms with Crippen LogP contribution in [0.5, 0.6) is 0 Å². The molecule has 2 amide bonds. The first-order valence-corrected chi connectivity index (χ1v) is 25.9. The average Bonchev–Trinajstić information content (AvgIpc) is 4.07. The van der Waals surface area contributed by atoms with E-state index in [1.807, 2.05) is 158 Å². The predicted molar refractivity (Wildman–Crippen MR) is 276 cm³/mol. The van der Waals surface area contributed by atoms with Gasteiger partial charge in [-0.2, -0.15) is 0 Å². The summed E-state index contributed by atoms with van der Waals surface area (Å²) >= 11 is 5.42. The van der Waals surface area contributed by atoms with Crippen molar-refractivity contribution in [1.82, 2.24) is 25.2 Å². The fraction of sp³-hybridized carbons (Fsp3) is 0.132. The molecule has 0 spiro atoms. The van der Waals surface area contributed by atoms with Gasteiger partial charge in [-0.15, -0.1) is 34.4 Å². The third-order valence-electron chi connectivity index (χ3n) is 11.7. The van der Waals surface area contributed by atoms with Gasteiger partial charge < -0.3 is 25.3 Å². The lowest BCUT2D eigenvalue weighted by Crippen LogP contribution is -2.71. The van der Waals surface area contributed by atoms with Gasteiger partial charge >= 0.3 is 11.9 Å². The van der Waals surface area contributed by atoms with Crippen LogP contribution in [0, 0.1) is 0 Å². The summed E-state index contributed by atoms with van der Waals surface area (Å²) in [5, 5.41) is 22.5. The topological polar surface area (TPSA) is 185 Å². The number of nitrogens with zero attached hydrogens (tertiary/aromatic N) is 5. The van der Waals surface area contributed by atoms with Crippen molar-refractivity contribution in [2.45, 2.75) is 27.4 Å². The third-order valence-corrected chi connectivity index (χ3v) is 16.1. The molecule has 2 atom stereocenters. The molecule has 5 heterocycles. The Bertz CT molecular complexity index is 3100. The van der Waals surface area contributed by atoms with Crippen LogP contribution in [-0.2, 0) is 34.3 Å². The van der Waals surface area contributed by atoms with Crippen LogP contribution in [0.2, 0.25) is 0 Å². The number of benzene rings is 5. The molecule has 0 radical (unpaired) electrons. The molecule has 0 aliphatic carbocycles. The molecular weight excluding hydrogens is 975 g/mol. The monoisotopic (exact) mass is 1020 g/mol. The SMILES string of the molecule is O=C(CON=C(C(=O)NC1C(=O)N2C(C(=O)O)=C(CSc3nc4ccncc4s3)CS[C@@H]12)c1csc(NC(c2ccccc2)(c2ccccc2)c2ccccc2)n1)OC(c1ccccc1)c1ccccc1. The first-order chi connectivity index (χ1) is 34.8. The van der Waals surface area contributed by atoms with Gasteiger partial charge in [0.15, 0.2) is 21.3 Å². The number of aromatic nitrogens is 3. The number of anilines is 1. The summed E-state index contributed by atoms with van der Waals surface area (Å²) in [5.41, 5.74) is 4.33. The fourth-order valence-corrected chi connectivity index (χ4v) is 12.7. The number of thiazole rings is 2. The zero-order chi connectivity index (χ0) is 48.7. The number of carboxylic acids is 1. The second-order valence-electron chi connectivity index (χ2n) is 16.1. The second kappa shape index (κ2) is 21.2. The maximum atomic E-state index is 14.5. The summed E-state index contributed by atoms with van der Waals surface area (Å²) in [6, 6.07) is 49.1. The van der Waals surface area contributed by atoms with Crippen molar-refractivity contribution in [3.8, 4) is 0 Å². The summed E-state index contributed by atoms with van der Waals surface area (Å²) in [7, 11) is 0. The highest BCUT2D eigenvalue weighted by molar-refractivity contribution is 8.02. The lowest BCUT2D eigenvalue weighted by atomic mass is 9.77. The van der Waals surface area contributed by atoms with E-state index in [0.29, 0.717) is 22.2 Å². The standard InChI is InChI=1S/C53H41N7O7S4/c61-42(67-46(33-16-6-1-7-17-33)34-18-8-2-9-19-34)29-66-59-43(40-32-69-51(55-40)58-53(36-20-10-3-11-21-36,37-22-12-4-13-23-37)38-24-14-5-15-25-38)47(62)57-44-48(63)60-45(50(64)65)35(30-68-49(44)60)31-70-52-56-39-26-27-54-28-41(39)71-52/h1-28,32,44,46,49H,29-31H2,(H,55,58)(H,57,62)(H,64,65)/t44?,49-/m0/s1. The number of β-lactam (4-membered cyclic amide) rings is 1. The van der Waals surface area contributed by atoms with Crippen molar-refractivity contribution in [2.24, 2.45) is 5.16 Å². The number of nitrogens with one attached hydrogen (secondary N) is 2. The number of hydrogen-bond donors (Lipinski definition) is 3. The van der Waals surface area contributed by atoms with E-state index in [1.54, 1.807) is 17.8 Å². The number of esters is 1. The molecule has 14 nitrogen and oxygen atoms in total. The molecule has 0 bridgehead atoms. The highest BCUT2D eigenvalue weighted by Crippen LogP contribution is 2.43. The van der Waals surface area contributed by atoms with Gasteiger partial charge in [0.2, 0.25) is 6.61 Å². The van der Waals surface area contributed by atoms with Gasteiger partial charge in [-0.05, 0) is 39.5 Å². The Labute approximate surface area is 423 Å². The molecule has 354 valence electrons. The van der Waals surface area contributed by atoms with Gasteiger partial charge in [-0.3, -0.25) is 19.5 Å². The van der Waals surface area contributed by atoms with Crippen molar-refractivity contribution in [3.63, 3.8) is 0 Å². The van der Waals surface area contributed by atoms with Crippen LogP contribution < -0.4 is 10.6 Å². The molecule has 1 unspecified atom stereocenters. The molecule has 2 aliphatic heterocycles. The van der Waals surface area contributed by atoms with Gasteiger partial charge in [0.05, 0.1) is 10.2 Å². The number of carboxylic acid groups (broad SMARTS) is 1. The number of carbonyl (C=O) groups excluding carboxylic acids is 3. The Morgan fingerprint density at radius 3 is 1.99 bits per heavy atom. The van der Waals surface area contributed by atoms with Crippen molar-refractivity contribution in [2.75, 3.05) is 23.4 Å². The van der Waals surface area contributed by atoms with Gasteiger partial charge in [-0.25, -0.2) is 19.6 Å². The van der Waals surface area contributed by atoms with Crippen LogP contribution in [0.15, 0.2) is 196 Å². The Kier molecular flexibility index (Phi) is 14.0. The number of fused-ring (bicyclic) bond motifs is 2. The Hall–Kier alpha value is -7.64. The number of amides is 2. The van der Waals surface area contributed by atoms with E-state index in [2.05, 4.69) is 25.8 Å². The maximum Gasteiger partial charge on any atom is 0.352 e. The molecule has 0 saturated carbocycles. The fourth-order valence-electron chi connectivity index (χ4n) is 8.46. The van der Waals surface area contributed by atoms with Gasteiger partial charge in [0, 0.05) is 29.3 Å². The molecule has 3 N–H and O–H groups in total. The Morgan fingerprint density at radius 2 is 1.41 bits per heavy atom. The van der Waals surface area contributed by atoms with E-state index < -0.39 is 53.4 Å². The van der Waals surface area contributed by atoms with Crippen molar-refractivity contribution >= 4 is 91.0 Å². The smallest absolute Gasteiger partial charge is 0.352 e. The number of rotatable bonds is 18. The average molecular weight is 1020 g/mol. The predicted octanol–water partition coefficient (Wildman–Crippen LogP) is 9.14. The molecule has 18 heteroatoms. The van der Waals surface area contributed by atoms with E-state index in [4.69, 9.17) is 14.6 Å². The minimum atomic E-state index is -1.25. The number of hydrogen-bond acceptors (Lipinski definition) is 15. The number of thioether (sulfide) groups is 2. The molecule has 1 fully saturated rings. The quantitative estimate of drug-likeness (QED) is 0.0185. The Morgan fingerprint density at radius 1 is 0.817 bits per heavy atom. The highest BCUT2D eigenvalue weighted by atomic mass is 32.2. The van der Waals surface area contributed by atoms with Gasteiger partial charge in [0.25, 0.3) is 11.8 Å². The lowest BCUT2D eigenvalue weighted by molar-refractivity contribution is -0.153. The van der Waals surface area contributed by atoms with E-state index in [1.165, 1.54) is 51.1 Å². The minimum absolute atomic E-state index is 0.0916. The van der Waals surface area contributed by atoms with Crippen molar-refractivity contribution in [1.29, 1.82) is 0 Å². The summed E-state index contributed by atoms with van der Waals surface area (Å²) < 4.78 is 7.61. The van der Waals surface area contributed by atoms with Crippen LogP contribution in [0.3, 0.4) is 0 Å². The van der Waals surface area contributed by atoms with Crippen molar-refractivity contribution in [3.05, 3.63) is 220 Å². The number of aliphatic carboxylic acids is 1. The molecular formula is C53H41N7O7S4. The number of oxime groups is 1. The van der Waals surface area contributed by atoms with E-state index in [0.717, 1.165) is 42.4 Å². The number of ether oxygens (including phenoxy) is 1.